The molecule has 1 N–H and O–H groups in total. The highest BCUT2D eigenvalue weighted by Crippen LogP contribution is 2.31. The zero-order chi connectivity index (χ0) is 17.8. The first kappa shape index (κ1) is 16.6. The molecule has 0 spiro atoms. The van der Waals surface area contributed by atoms with Crippen LogP contribution in [0.2, 0.25) is 0 Å². The Morgan fingerprint density at radius 1 is 0.960 bits per heavy atom. The summed E-state index contributed by atoms with van der Waals surface area (Å²) >= 11 is 0. The van der Waals surface area contributed by atoms with E-state index in [1.54, 1.807) is 25.3 Å². The van der Waals surface area contributed by atoms with Gasteiger partial charge in [0.2, 0.25) is 0 Å². The molecule has 0 aliphatic rings. The largest absolute Gasteiger partial charge is 0.496 e. The van der Waals surface area contributed by atoms with Crippen molar-refractivity contribution in [1.29, 1.82) is 0 Å². The molecule has 0 aromatic heterocycles. The van der Waals surface area contributed by atoms with Crippen molar-refractivity contribution in [2.45, 2.75) is 0 Å². The van der Waals surface area contributed by atoms with Gasteiger partial charge in [0.1, 0.15) is 5.75 Å². The van der Waals surface area contributed by atoms with Gasteiger partial charge >= 0.3 is 0 Å². The topological polar surface area (TPSA) is 38.3 Å². The lowest BCUT2D eigenvalue weighted by Gasteiger charge is -2.11. The Bertz CT molecular complexity index is 925. The zero-order valence-corrected chi connectivity index (χ0v) is 13.4. The number of amides is 1. The Kier molecular flexibility index (Phi) is 4.75. The third kappa shape index (κ3) is 3.50. The predicted octanol–water partition coefficient (Wildman–Crippen LogP) is 4.89. The average molecular weight is 339 g/mol. The second kappa shape index (κ2) is 7.13. The number of anilines is 1. The van der Waals surface area contributed by atoms with E-state index in [0.717, 1.165) is 17.2 Å². The molecule has 126 valence electrons. The Morgan fingerprint density at radius 2 is 1.72 bits per heavy atom. The minimum absolute atomic E-state index is 0.345. The number of para-hydroxylation sites is 1. The van der Waals surface area contributed by atoms with Crippen molar-refractivity contribution in [3.05, 3.63) is 83.9 Å². The number of hydrogen-bond acceptors (Lipinski definition) is 2. The Labute approximate surface area is 143 Å². The molecule has 0 saturated carbocycles. The molecule has 0 aliphatic heterocycles. The van der Waals surface area contributed by atoms with E-state index in [-0.39, 0.29) is 5.56 Å². The van der Waals surface area contributed by atoms with Gasteiger partial charge in [0.15, 0.2) is 11.6 Å². The summed E-state index contributed by atoms with van der Waals surface area (Å²) in [6.07, 6.45) is 0. The fourth-order valence-electron chi connectivity index (χ4n) is 2.53. The van der Waals surface area contributed by atoms with Gasteiger partial charge in [-0.2, -0.15) is 0 Å². The summed E-state index contributed by atoms with van der Waals surface area (Å²) in [4.78, 5) is 12.2. The Morgan fingerprint density at radius 3 is 2.52 bits per heavy atom. The summed E-state index contributed by atoms with van der Waals surface area (Å²) in [5.41, 5.74) is 1.81. The molecule has 3 rings (SSSR count). The smallest absolute Gasteiger partial charge is 0.258 e. The molecule has 0 radical (unpaired) electrons. The van der Waals surface area contributed by atoms with Crippen molar-refractivity contribution < 1.29 is 18.3 Å². The monoisotopic (exact) mass is 339 g/mol. The first-order valence-electron chi connectivity index (χ1n) is 7.59. The van der Waals surface area contributed by atoms with E-state index >= 15 is 0 Å². The van der Waals surface area contributed by atoms with Crippen LogP contribution in [0, 0.1) is 11.6 Å². The number of carbonyl (C=O) groups is 1. The van der Waals surface area contributed by atoms with Gasteiger partial charge in [-0.3, -0.25) is 4.79 Å². The minimum Gasteiger partial charge on any atom is -0.496 e. The lowest BCUT2D eigenvalue weighted by molar-refractivity contribution is 0.102. The highest BCUT2D eigenvalue weighted by Gasteiger charge is 2.15. The fraction of sp³-hybridized carbons (Fsp3) is 0.0500. The van der Waals surface area contributed by atoms with Crippen LogP contribution in [-0.2, 0) is 0 Å². The van der Waals surface area contributed by atoms with E-state index in [0.29, 0.717) is 11.4 Å². The maximum atomic E-state index is 13.7. The summed E-state index contributed by atoms with van der Waals surface area (Å²) in [5, 5.41) is 2.59. The van der Waals surface area contributed by atoms with Gasteiger partial charge in [-0.15, -0.1) is 0 Å². The predicted molar refractivity (Wildman–Crippen MR) is 92.7 cm³/mol. The van der Waals surface area contributed by atoms with Crippen LogP contribution in [0.25, 0.3) is 11.1 Å². The molecule has 1 amide bonds. The molecular formula is C20H15F2NO2. The van der Waals surface area contributed by atoms with Crippen molar-refractivity contribution in [3.63, 3.8) is 0 Å². The van der Waals surface area contributed by atoms with Crippen LogP contribution in [-0.4, -0.2) is 13.0 Å². The summed E-state index contributed by atoms with van der Waals surface area (Å²) in [6.45, 7) is 0. The van der Waals surface area contributed by atoms with E-state index in [9.17, 15) is 13.6 Å². The maximum absolute atomic E-state index is 13.7. The number of hydrogen-bond donors (Lipinski definition) is 1. The quantitative estimate of drug-likeness (QED) is 0.735. The number of nitrogens with one attached hydrogen (secondary N) is 1. The van der Waals surface area contributed by atoms with Gasteiger partial charge < -0.3 is 10.1 Å². The number of methoxy groups -OCH3 is 1. The molecule has 0 heterocycles. The molecule has 5 heteroatoms. The van der Waals surface area contributed by atoms with Crippen LogP contribution in [0.3, 0.4) is 0 Å². The molecular weight excluding hydrogens is 324 g/mol. The molecule has 0 unspecified atom stereocenters. The Hall–Kier alpha value is -3.21. The number of rotatable bonds is 4. The minimum atomic E-state index is -1.17. The molecule has 0 aliphatic carbocycles. The van der Waals surface area contributed by atoms with Crippen molar-refractivity contribution in [2.24, 2.45) is 0 Å². The maximum Gasteiger partial charge on any atom is 0.258 e. The van der Waals surface area contributed by atoms with E-state index in [2.05, 4.69) is 5.32 Å². The van der Waals surface area contributed by atoms with Gasteiger partial charge in [0.25, 0.3) is 5.91 Å². The summed E-state index contributed by atoms with van der Waals surface area (Å²) < 4.78 is 32.4. The highest BCUT2D eigenvalue weighted by atomic mass is 19.2. The van der Waals surface area contributed by atoms with E-state index in [1.807, 2.05) is 30.3 Å². The van der Waals surface area contributed by atoms with E-state index in [4.69, 9.17) is 4.74 Å². The average Bonchev–Trinajstić information content (AvgIpc) is 2.64. The SMILES string of the molecule is COc1ccccc1-c1cccc(NC(=O)c2cccc(F)c2F)c1. The number of ether oxygens (including phenoxy) is 1. The third-order valence-corrected chi connectivity index (χ3v) is 3.73. The van der Waals surface area contributed by atoms with Crippen LogP contribution in [0.15, 0.2) is 66.7 Å². The van der Waals surface area contributed by atoms with Crippen molar-refractivity contribution in [2.75, 3.05) is 12.4 Å². The van der Waals surface area contributed by atoms with Crippen molar-refractivity contribution in [3.8, 4) is 16.9 Å². The van der Waals surface area contributed by atoms with Gasteiger partial charge in [-0.1, -0.05) is 36.4 Å². The molecule has 0 saturated heterocycles. The summed E-state index contributed by atoms with van der Waals surface area (Å²) in [5.74, 6) is -2.24. The molecule has 3 aromatic rings. The number of carbonyl (C=O) groups excluding carboxylic acids is 1. The fourth-order valence-corrected chi connectivity index (χ4v) is 2.53. The van der Waals surface area contributed by atoms with E-state index in [1.165, 1.54) is 12.1 Å². The van der Waals surface area contributed by atoms with Gasteiger partial charge in [0, 0.05) is 11.3 Å². The third-order valence-electron chi connectivity index (χ3n) is 3.73. The van der Waals surface area contributed by atoms with Crippen LogP contribution in [0.4, 0.5) is 14.5 Å². The summed E-state index contributed by atoms with van der Waals surface area (Å²) in [7, 11) is 1.58. The normalized spacial score (nSPS) is 10.4. The molecule has 25 heavy (non-hydrogen) atoms. The van der Waals surface area contributed by atoms with Crippen molar-refractivity contribution in [1.82, 2.24) is 0 Å². The molecule has 0 bridgehead atoms. The zero-order valence-electron chi connectivity index (χ0n) is 13.4. The number of benzene rings is 3. The van der Waals surface area contributed by atoms with Crippen LogP contribution in [0.5, 0.6) is 5.75 Å². The second-order valence-corrected chi connectivity index (χ2v) is 5.34. The van der Waals surface area contributed by atoms with Crippen LogP contribution in [0.1, 0.15) is 10.4 Å². The first-order valence-corrected chi connectivity index (χ1v) is 7.59. The van der Waals surface area contributed by atoms with Crippen LogP contribution >= 0.6 is 0 Å². The van der Waals surface area contributed by atoms with E-state index < -0.39 is 17.5 Å². The molecule has 3 aromatic carbocycles. The van der Waals surface area contributed by atoms with Gasteiger partial charge in [-0.25, -0.2) is 8.78 Å². The lowest BCUT2D eigenvalue weighted by atomic mass is 10.0. The number of halogens is 2. The molecule has 0 atom stereocenters. The van der Waals surface area contributed by atoms with Gasteiger partial charge in [0.05, 0.1) is 12.7 Å². The standard InChI is InChI=1S/C20H15F2NO2/c1-25-18-11-3-2-8-15(18)13-6-4-7-14(12-13)23-20(24)16-9-5-10-17(21)19(16)22/h2-12H,1H3,(H,23,24). The second-order valence-electron chi connectivity index (χ2n) is 5.34. The molecule has 3 nitrogen and oxygen atoms in total. The van der Waals surface area contributed by atoms with Crippen LogP contribution < -0.4 is 10.1 Å². The first-order chi connectivity index (χ1) is 12.1. The van der Waals surface area contributed by atoms with Crippen molar-refractivity contribution >= 4 is 11.6 Å². The van der Waals surface area contributed by atoms with Gasteiger partial charge in [-0.05, 0) is 35.9 Å². The highest BCUT2D eigenvalue weighted by molar-refractivity contribution is 6.04. The summed E-state index contributed by atoms with van der Waals surface area (Å²) in [6, 6.07) is 18.0. The lowest BCUT2D eigenvalue weighted by Crippen LogP contribution is -2.14. The Balaban J connectivity index is 1.90. The molecule has 0 fully saturated rings.